The number of benzene rings is 1. The van der Waals surface area contributed by atoms with Gasteiger partial charge in [-0.2, -0.15) is 0 Å². The van der Waals surface area contributed by atoms with Crippen molar-refractivity contribution in [3.05, 3.63) is 45.4 Å². The lowest BCUT2D eigenvalue weighted by molar-refractivity contribution is -0.120. The van der Waals surface area contributed by atoms with Crippen LogP contribution in [0.15, 0.2) is 23.6 Å². The molecule has 0 saturated carbocycles. The molecule has 0 unspecified atom stereocenters. The zero-order valence-electron chi connectivity index (χ0n) is 14.7. The molecule has 134 valence electrons. The predicted octanol–water partition coefficient (Wildman–Crippen LogP) is 2.59. The molecule has 0 saturated heterocycles. The fourth-order valence-electron chi connectivity index (χ4n) is 2.24. The number of ether oxygens (including phenoxy) is 1. The van der Waals surface area contributed by atoms with E-state index in [1.807, 2.05) is 26.0 Å². The van der Waals surface area contributed by atoms with Crippen molar-refractivity contribution in [2.75, 3.05) is 13.1 Å². The molecule has 1 aromatic heterocycles. The van der Waals surface area contributed by atoms with Crippen LogP contribution in [0.25, 0.3) is 0 Å². The molecule has 0 aliphatic carbocycles. The van der Waals surface area contributed by atoms with Gasteiger partial charge in [-0.05, 0) is 37.1 Å². The van der Waals surface area contributed by atoms with E-state index in [1.165, 1.54) is 11.3 Å². The molecule has 6 nitrogen and oxygen atoms in total. The molecule has 0 radical (unpaired) electrons. The van der Waals surface area contributed by atoms with Crippen LogP contribution in [0.2, 0.25) is 0 Å². The van der Waals surface area contributed by atoms with E-state index in [0.717, 1.165) is 21.9 Å². The number of amides is 2. The average Bonchev–Trinajstić information content (AvgIpc) is 3.04. The molecular weight excluding hydrogens is 338 g/mol. The minimum absolute atomic E-state index is 0.0336. The second kappa shape index (κ2) is 9.17. The molecule has 2 amide bonds. The van der Waals surface area contributed by atoms with E-state index in [0.29, 0.717) is 31.8 Å². The Balaban J connectivity index is 1.80. The number of carbonyl (C=O) groups is 2. The van der Waals surface area contributed by atoms with Gasteiger partial charge >= 0.3 is 0 Å². The zero-order chi connectivity index (χ0) is 18.2. The highest BCUT2D eigenvalue weighted by Gasteiger charge is 2.11. The lowest BCUT2D eigenvalue weighted by Gasteiger charge is -2.06. The first kappa shape index (κ1) is 18.9. The summed E-state index contributed by atoms with van der Waals surface area (Å²) in [7, 11) is 0. The Kier molecular flexibility index (Phi) is 6.94. The molecule has 2 N–H and O–H groups in total. The minimum atomic E-state index is -0.250. The first-order valence-corrected chi connectivity index (χ1v) is 9.06. The summed E-state index contributed by atoms with van der Waals surface area (Å²) in [6.07, 6.45) is 0.434. The molecule has 25 heavy (non-hydrogen) atoms. The number of hydrogen-bond donors (Lipinski definition) is 2. The van der Waals surface area contributed by atoms with Crippen molar-refractivity contribution >= 4 is 23.2 Å². The molecule has 0 spiro atoms. The van der Waals surface area contributed by atoms with E-state index in [4.69, 9.17) is 4.74 Å². The maximum Gasteiger partial charge on any atom is 0.270 e. The number of nitrogens with zero attached hydrogens (tertiary/aromatic N) is 1. The topological polar surface area (TPSA) is 80.3 Å². The Bertz CT molecular complexity index is 723. The fourth-order valence-corrected chi connectivity index (χ4v) is 2.92. The summed E-state index contributed by atoms with van der Waals surface area (Å²) in [5.41, 5.74) is 2.65. The monoisotopic (exact) mass is 361 g/mol. The first-order valence-electron chi connectivity index (χ1n) is 8.18. The minimum Gasteiger partial charge on any atom is -0.486 e. The van der Waals surface area contributed by atoms with Crippen molar-refractivity contribution in [2.24, 2.45) is 0 Å². The van der Waals surface area contributed by atoms with Gasteiger partial charge in [-0.25, -0.2) is 4.98 Å². The maximum absolute atomic E-state index is 12.0. The summed E-state index contributed by atoms with van der Waals surface area (Å²) < 4.78 is 5.75. The van der Waals surface area contributed by atoms with Crippen LogP contribution in [-0.2, 0) is 11.4 Å². The van der Waals surface area contributed by atoms with Gasteiger partial charge in [-0.1, -0.05) is 13.0 Å². The molecule has 0 atom stereocenters. The normalized spacial score (nSPS) is 10.4. The second-order valence-corrected chi connectivity index (χ2v) is 6.64. The van der Waals surface area contributed by atoms with Crippen molar-refractivity contribution in [2.45, 2.75) is 33.8 Å². The van der Waals surface area contributed by atoms with Crippen molar-refractivity contribution in [3.8, 4) is 5.75 Å². The van der Waals surface area contributed by atoms with E-state index in [-0.39, 0.29) is 11.8 Å². The number of aromatic nitrogens is 1. The Hall–Kier alpha value is -2.41. The largest absolute Gasteiger partial charge is 0.486 e. The van der Waals surface area contributed by atoms with Crippen molar-refractivity contribution in [1.29, 1.82) is 0 Å². The van der Waals surface area contributed by atoms with E-state index < -0.39 is 0 Å². The van der Waals surface area contributed by atoms with Crippen LogP contribution < -0.4 is 15.4 Å². The second-order valence-electron chi connectivity index (χ2n) is 5.70. The van der Waals surface area contributed by atoms with Gasteiger partial charge in [0.05, 0.1) is 0 Å². The molecule has 7 heteroatoms. The van der Waals surface area contributed by atoms with Gasteiger partial charge < -0.3 is 15.4 Å². The molecular formula is C18H23N3O3S. The number of rotatable bonds is 8. The quantitative estimate of drug-likeness (QED) is 0.708. The van der Waals surface area contributed by atoms with Gasteiger partial charge in [-0.15, -0.1) is 11.3 Å². The zero-order valence-corrected chi connectivity index (χ0v) is 15.5. The van der Waals surface area contributed by atoms with Gasteiger partial charge in [0.2, 0.25) is 5.91 Å². The third kappa shape index (κ3) is 6.19. The highest BCUT2D eigenvalue weighted by atomic mass is 32.1. The smallest absolute Gasteiger partial charge is 0.270 e. The summed E-state index contributed by atoms with van der Waals surface area (Å²) in [5, 5.41) is 7.88. The highest BCUT2D eigenvalue weighted by molar-refractivity contribution is 7.09. The fraction of sp³-hybridized carbons (Fsp3) is 0.389. The number of hydrogen-bond acceptors (Lipinski definition) is 5. The summed E-state index contributed by atoms with van der Waals surface area (Å²) in [5.74, 6) is 0.513. The third-order valence-electron chi connectivity index (χ3n) is 3.40. The molecule has 2 aromatic rings. The Morgan fingerprint density at radius 3 is 2.48 bits per heavy atom. The average molecular weight is 361 g/mol. The number of carbonyl (C=O) groups excluding carboxylic acids is 2. The summed E-state index contributed by atoms with van der Waals surface area (Å²) in [4.78, 5) is 27.4. The van der Waals surface area contributed by atoms with Crippen LogP contribution in [0.1, 0.15) is 40.0 Å². The van der Waals surface area contributed by atoms with Gasteiger partial charge in [0.25, 0.3) is 5.91 Å². The lowest BCUT2D eigenvalue weighted by Crippen LogP contribution is -2.34. The molecule has 0 bridgehead atoms. The molecule has 0 aliphatic heterocycles. The molecule has 0 fully saturated rings. The van der Waals surface area contributed by atoms with Crippen LogP contribution >= 0.6 is 11.3 Å². The van der Waals surface area contributed by atoms with Crippen molar-refractivity contribution < 1.29 is 14.3 Å². The van der Waals surface area contributed by atoms with E-state index in [9.17, 15) is 9.59 Å². The van der Waals surface area contributed by atoms with Gasteiger partial charge in [-0.3, -0.25) is 9.59 Å². The SMILES string of the molecule is CCC(=O)NCCNC(=O)c1csc(COc2cc(C)cc(C)c2)n1. The van der Waals surface area contributed by atoms with Crippen molar-refractivity contribution in [1.82, 2.24) is 15.6 Å². The lowest BCUT2D eigenvalue weighted by atomic mass is 10.1. The third-order valence-corrected chi connectivity index (χ3v) is 4.22. The van der Waals surface area contributed by atoms with E-state index in [2.05, 4.69) is 21.7 Å². The maximum atomic E-state index is 12.0. The molecule has 1 aromatic carbocycles. The molecule has 0 aliphatic rings. The standard InChI is InChI=1S/C18H23N3O3S/c1-4-16(22)19-5-6-20-18(23)15-11-25-17(21-15)10-24-14-8-12(2)7-13(3)9-14/h7-9,11H,4-6,10H2,1-3H3,(H,19,22)(H,20,23). The van der Waals surface area contributed by atoms with E-state index in [1.54, 1.807) is 12.3 Å². The van der Waals surface area contributed by atoms with E-state index >= 15 is 0 Å². The summed E-state index contributed by atoms with van der Waals surface area (Å²) in [6.45, 7) is 6.93. The van der Waals surface area contributed by atoms with Crippen molar-refractivity contribution in [3.63, 3.8) is 0 Å². The van der Waals surface area contributed by atoms with Gasteiger partial charge in [0.15, 0.2) is 0 Å². The van der Waals surface area contributed by atoms with Crippen LogP contribution in [0.5, 0.6) is 5.75 Å². The van der Waals surface area contributed by atoms with Crippen LogP contribution in [0.3, 0.4) is 0 Å². The number of thiazole rings is 1. The van der Waals surface area contributed by atoms with Crippen LogP contribution in [0.4, 0.5) is 0 Å². The molecule has 1 heterocycles. The number of nitrogens with one attached hydrogen (secondary N) is 2. The van der Waals surface area contributed by atoms with Gasteiger partial charge in [0, 0.05) is 24.9 Å². The Labute approximate surface area is 151 Å². The summed E-state index contributed by atoms with van der Waals surface area (Å²) >= 11 is 1.39. The highest BCUT2D eigenvalue weighted by Crippen LogP contribution is 2.19. The van der Waals surface area contributed by atoms with Crippen LogP contribution in [0, 0.1) is 13.8 Å². The number of aryl methyl sites for hydroxylation is 2. The molecule has 2 rings (SSSR count). The summed E-state index contributed by atoms with van der Waals surface area (Å²) in [6, 6.07) is 6.03. The Morgan fingerprint density at radius 1 is 1.12 bits per heavy atom. The Morgan fingerprint density at radius 2 is 1.80 bits per heavy atom. The predicted molar refractivity (Wildman–Crippen MR) is 98.0 cm³/mol. The first-order chi connectivity index (χ1) is 12.0. The van der Waals surface area contributed by atoms with Gasteiger partial charge in [0.1, 0.15) is 23.1 Å². The van der Waals surface area contributed by atoms with Crippen LogP contribution in [-0.4, -0.2) is 29.9 Å².